The predicted molar refractivity (Wildman–Crippen MR) is 81.3 cm³/mol. The van der Waals surface area contributed by atoms with E-state index in [9.17, 15) is 8.42 Å². The Morgan fingerprint density at radius 2 is 1.80 bits per heavy atom. The van der Waals surface area contributed by atoms with Crippen LogP contribution in [0.15, 0.2) is 24.3 Å². The van der Waals surface area contributed by atoms with Gasteiger partial charge in [0, 0.05) is 16.8 Å². The molecule has 0 spiro atoms. The Balaban J connectivity index is 2.68. The van der Waals surface area contributed by atoms with Crippen LogP contribution in [0.1, 0.15) is 19.5 Å². The van der Waals surface area contributed by atoms with Gasteiger partial charge in [-0.1, -0.05) is 23.7 Å². The van der Waals surface area contributed by atoms with Crippen molar-refractivity contribution in [3.63, 3.8) is 0 Å². The molecule has 0 radical (unpaired) electrons. The summed E-state index contributed by atoms with van der Waals surface area (Å²) < 4.78 is 22.9. The zero-order chi connectivity index (χ0) is 15.1. The van der Waals surface area contributed by atoms with Gasteiger partial charge in [-0.2, -0.15) is 5.10 Å². The number of sulfone groups is 1. The number of hydrogen-bond donors (Lipinski definition) is 2. The van der Waals surface area contributed by atoms with Gasteiger partial charge in [0.05, 0.1) is 5.69 Å². The smallest absolute Gasteiger partial charge is 0.158 e. The largest absolute Gasteiger partial charge is 0.382 e. The first kappa shape index (κ1) is 14.9. The van der Waals surface area contributed by atoms with E-state index in [0.29, 0.717) is 16.3 Å². The second kappa shape index (κ2) is 4.79. The molecule has 2 rings (SSSR count). The molecule has 0 aliphatic heterocycles. The average molecular weight is 314 g/mol. The minimum absolute atomic E-state index is 0.263. The third-order valence-corrected chi connectivity index (χ3v) is 5.77. The molecule has 108 valence electrons. The summed E-state index contributed by atoms with van der Waals surface area (Å²) in [7, 11) is -3.33. The Kier molecular flexibility index (Phi) is 3.56. The predicted octanol–water partition coefficient (Wildman–Crippen LogP) is 2.59. The second-order valence-electron chi connectivity index (χ2n) is 5.15. The number of hydrogen-bond acceptors (Lipinski definition) is 4. The van der Waals surface area contributed by atoms with Crippen molar-refractivity contribution in [1.82, 2.24) is 10.2 Å². The molecule has 1 heterocycles. The zero-order valence-corrected chi connectivity index (χ0v) is 13.0. The van der Waals surface area contributed by atoms with Crippen molar-refractivity contribution in [2.75, 3.05) is 12.0 Å². The standard InChI is InChI=1S/C13H16ClN3O2S/c1-13(2,20(3,18)19)11-10(12(15)17-16-11)8-4-6-9(14)7-5-8/h4-7H,1-3H3,(H3,15,16,17). The number of benzene rings is 1. The van der Waals surface area contributed by atoms with E-state index >= 15 is 0 Å². The maximum Gasteiger partial charge on any atom is 0.158 e. The maximum absolute atomic E-state index is 12.0. The van der Waals surface area contributed by atoms with Crippen LogP contribution in [0.5, 0.6) is 0 Å². The highest BCUT2D eigenvalue weighted by atomic mass is 35.5. The molecule has 1 aromatic carbocycles. The van der Waals surface area contributed by atoms with Crippen molar-refractivity contribution in [2.45, 2.75) is 18.6 Å². The van der Waals surface area contributed by atoms with Crippen molar-refractivity contribution < 1.29 is 8.42 Å². The molecule has 5 nitrogen and oxygen atoms in total. The van der Waals surface area contributed by atoms with Gasteiger partial charge in [-0.3, -0.25) is 5.10 Å². The molecule has 2 aromatic rings. The first-order chi connectivity index (χ1) is 9.14. The molecule has 0 bridgehead atoms. The number of rotatable bonds is 3. The monoisotopic (exact) mass is 313 g/mol. The molecule has 7 heteroatoms. The highest BCUT2D eigenvalue weighted by Gasteiger charge is 2.37. The van der Waals surface area contributed by atoms with Gasteiger partial charge in [-0.05, 0) is 31.5 Å². The normalized spacial score (nSPS) is 12.6. The summed E-state index contributed by atoms with van der Waals surface area (Å²) in [6, 6.07) is 7.01. The van der Waals surface area contributed by atoms with Crippen LogP contribution in [0.2, 0.25) is 5.02 Å². The number of halogens is 1. The lowest BCUT2D eigenvalue weighted by atomic mass is 9.98. The van der Waals surface area contributed by atoms with Gasteiger partial charge in [0.15, 0.2) is 15.7 Å². The van der Waals surface area contributed by atoms with Crippen molar-refractivity contribution in [1.29, 1.82) is 0 Å². The van der Waals surface area contributed by atoms with E-state index in [2.05, 4.69) is 10.2 Å². The number of nitrogen functional groups attached to an aromatic ring is 1. The van der Waals surface area contributed by atoms with Gasteiger partial charge in [0.25, 0.3) is 0 Å². The molecule has 1 aromatic heterocycles. The molecule has 0 saturated carbocycles. The van der Waals surface area contributed by atoms with E-state index in [0.717, 1.165) is 5.56 Å². The Bertz CT molecular complexity index is 733. The van der Waals surface area contributed by atoms with Gasteiger partial charge in [0.1, 0.15) is 4.75 Å². The summed E-state index contributed by atoms with van der Waals surface area (Å²) in [5.41, 5.74) is 7.72. The van der Waals surface area contributed by atoms with Crippen LogP contribution in [-0.2, 0) is 14.6 Å². The third-order valence-electron chi connectivity index (χ3n) is 3.46. The van der Waals surface area contributed by atoms with Crippen molar-refractivity contribution in [2.24, 2.45) is 0 Å². The van der Waals surface area contributed by atoms with Crippen LogP contribution in [0.3, 0.4) is 0 Å². The Hall–Kier alpha value is -1.53. The van der Waals surface area contributed by atoms with Crippen LogP contribution in [0.25, 0.3) is 11.1 Å². The van der Waals surface area contributed by atoms with Crippen LogP contribution in [-0.4, -0.2) is 24.9 Å². The number of nitrogens with one attached hydrogen (secondary N) is 1. The summed E-state index contributed by atoms with van der Waals surface area (Å²) in [6.45, 7) is 3.24. The fourth-order valence-electron chi connectivity index (χ4n) is 1.89. The summed E-state index contributed by atoms with van der Waals surface area (Å²) in [6.07, 6.45) is 1.19. The molecule has 0 saturated heterocycles. The summed E-state index contributed by atoms with van der Waals surface area (Å²) in [5.74, 6) is 0.263. The fourth-order valence-corrected chi connectivity index (χ4v) is 2.53. The molecular formula is C13H16ClN3O2S. The highest BCUT2D eigenvalue weighted by Crippen LogP contribution is 2.38. The average Bonchev–Trinajstić information content (AvgIpc) is 2.71. The zero-order valence-electron chi connectivity index (χ0n) is 11.4. The Labute approximate surface area is 123 Å². The van der Waals surface area contributed by atoms with Gasteiger partial charge < -0.3 is 5.73 Å². The van der Waals surface area contributed by atoms with E-state index in [-0.39, 0.29) is 5.82 Å². The Morgan fingerprint density at radius 1 is 1.25 bits per heavy atom. The number of nitrogens with zero attached hydrogens (tertiary/aromatic N) is 1. The van der Waals surface area contributed by atoms with E-state index in [4.69, 9.17) is 17.3 Å². The Morgan fingerprint density at radius 3 is 2.30 bits per heavy atom. The minimum Gasteiger partial charge on any atom is -0.382 e. The lowest BCUT2D eigenvalue weighted by Gasteiger charge is -2.22. The second-order valence-corrected chi connectivity index (χ2v) is 8.15. The van der Waals surface area contributed by atoms with E-state index in [1.807, 2.05) is 0 Å². The minimum atomic E-state index is -3.33. The molecule has 20 heavy (non-hydrogen) atoms. The molecular weight excluding hydrogens is 298 g/mol. The number of H-pyrrole nitrogens is 1. The lowest BCUT2D eigenvalue weighted by Crippen LogP contribution is -2.29. The van der Waals surface area contributed by atoms with E-state index in [1.165, 1.54) is 6.26 Å². The topological polar surface area (TPSA) is 88.8 Å². The molecule has 0 aliphatic rings. The van der Waals surface area contributed by atoms with Gasteiger partial charge in [-0.25, -0.2) is 8.42 Å². The van der Waals surface area contributed by atoms with Crippen LogP contribution < -0.4 is 5.73 Å². The first-order valence-electron chi connectivity index (χ1n) is 5.94. The first-order valence-corrected chi connectivity index (χ1v) is 8.21. The van der Waals surface area contributed by atoms with E-state index < -0.39 is 14.6 Å². The van der Waals surface area contributed by atoms with Gasteiger partial charge in [-0.15, -0.1) is 0 Å². The molecule has 0 aliphatic carbocycles. The molecule has 3 N–H and O–H groups in total. The number of aromatic amines is 1. The summed E-state index contributed by atoms with van der Waals surface area (Å²) >= 11 is 5.86. The molecule has 0 fully saturated rings. The lowest BCUT2D eigenvalue weighted by molar-refractivity contribution is 0.556. The number of anilines is 1. The van der Waals surface area contributed by atoms with Gasteiger partial charge >= 0.3 is 0 Å². The van der Waals surface area contributed by atoms with Gasteiger partial charge in [0.2, 0.25) is 0 Å². The molecule has 0 atom stereocenters. The third kappa shape index (κ3) is 2.41. The van der Waals surface area contributed by atoms with Crippen LogP contribution >= 0.6 is 11.6 Å². The SMILES string of the molecule is CC(C)(c1[nH]nc(N)c1-c1ccc(Cl)cc1)S(C)(=O)=O. The maximum atomic E-state index is 12.0. The molecule has 0 amide bonds. The summed E-state index contributed by atoms with van der Waals surface area (Å²) in [5, 5.41) is 7.29. The number of nitrogens with two attached hydrogens (primary N) is 1. The van der Waals surface area contributed by atoms with Crippen molar-refractivity contribution in [3.05, 3.63) is 35.0 Å². The fraction of sp³-hybridized carbons (Fsp3) is 0.308. The van der Waals surface area contributed by atoms with Crippen LogP contribution in [0.4, 0.5) is 5.82 Å². The van der Waals surface area contributed by atoms with Crippen molar-refractivity contribution in [3.8, 4) is 11.1 Å². The van der Waals surface area contributed by atoms with E-state index in [1.54, 1.807) is 38.1 Å². The highest BCUT2D eigenvalue weighted by molar-refractivity contribution is 7.91. The molecule has 0 unspecified atom stereocenters. The number of aromatic nitrogens is 2. The summed E-state index contributed by atoms with van der Waals surface area (Å²) in [4.78, 5) is 0. The van der Waals surface area contributed by atoms with Crippen LogP contribution in [0, 0.1) is 0 Å². The quantitative estimate of drug-likeness (QED) is 0.911. The van der Waals surface area contributed by atoms with Crippen molar-refractivity contribution >= 4 is 27.3 Å².